The molecule has 3 aromatic rings. The van der Waals surface area contributed by atoms with E-state index in [-0.39, 0.29) is 0 Å². The minimum atomic E-state index is 0.623. The summed E-state index contributed by atoms with van der Waals surface area (Å²) in [5.74, 6) is 1.63. The van der Waals surface area contributed by atoms with Gasteiger partial charge in [0.25, 0.3) is 0 Å². The SMILES string of the molecule is CCOc1ccc(Br)c2cc(-c3ccccc3)oc12. The summed E-state index contributed by atoms with van der Waals surface area (Å²) in [7, 11) is 0. The maximum Gasteiger partial charge on any atom is 0.177 e. The van der Waals surface area contributed by atoms with Gasteiger partial charge >= 0.3 is 0 Å². The number of furan rings is 1. The van der Waals surface area contributed by atoms with Crippen molar-refractivity contribution in [3.05, 3.63) is 53.0 Å². The molecule has 1 aromatic heterocycles. The maximum absolute atomic E-state index is 5.96. The third kappa shape index (κ3) is 2.26. The lowest BCUT2D eigenvalue weighted by atomic mass is 10.1. The van der Waals surface area contributed by atoms with Gasteiger partial charge in [-0.25, -0.2) is 0 Å². The van der Waals surface area contributed by atoms with Crippen LogP contribution in [0.2, 0.25) is 0 Å². The number of benzene rings is 2. The van der Waals surface area contributed by atoms with Crippen LogP contribution in [0.1, 0.15) is 6.92 Å². The van der Waals surface area contributed by atoms with Gasteiger partial charge in [0.1, 0.15) is 5.76 Å². The van der Waals surface area contributed by atoms with Crippen molar-refractivity contribution in [1.82, 2.24) is 0 Å². The van der Waals surface area contributed by atoms with E-state index in [0.29, 0.717) is 6.61 Å². The standard InChI is InChI=1S/C16H13BrO2/c1-2-18-14-9-8-13(17)12-10-15(19-16(12)14)11-6-4-3-5-7-11/h3-10H,2H2,1H3. The number of fused-ring (bicyclic) bond motifs is 1. The first-order valence-corrected chi connectivity index (χ1v) is 6.99. The summed E-state index contributed by atoms with van der Waals surface area (Å²) in [6.45, 7) is 2.59. The fraction of sp³-hybridized carbons (Fsp3) is 0.125. The van der Waals surface area contributed by atoms with Crippen molar-refractivity contribution in [2.24, 2.45) is 0 Å². The van der Waals surface area contributed by atoms with Crippen LogP contribution in [-0.2, 0) is 0 Å². The fourth-order valence-corrected chi connectivity index (χ4v) is 2.51. The highest BCUT2D eigenvalue weighted by Crippen LogP contribution is 2.37. The molecule has 0 unspecified atom stereocenters. The van der Waals surface area contributed by atoms with Crippen molar-refractivity contribution in [1.29, 1.82) is 0 Å². The first kappa shape index (κ1) is 12.3. The first-order valence-electron chi connectivity index (χ1n) is 6.20. The van der Waals surface area contributed by atoms with Gasteiger partial charge in [-0.15, -0.1) is 0 Å². The highest BCUT2D eigenvalue weighted by molar-refractivity contribution is 9.10. The van der Waals surface area contributed by atoms with Gasteiger partial charge in [-0.05, 0) is 25.1 Å². The van der Waals surface area contributed by atoms with E-state index < -0.39 is 0 Å². The lowest BCUT2D eigenvalue weighted by molar-refractivity contribution is 0.339. The molecule has 19 heavy (non-hydrogen) atoms. The number of halogens is 1. The molecule has 0 fully saturated rings. The molecule has 3 rings (SSSR count). The topological polar surface area (TPSA) is 22.4 Å². The number of ether oxygens (including phenoxy) is 1. The van der Waals surface area contributed by atoms with Crippen LogP contribution in [0.25, 0.3) is 22.3 Å². The lowest BCUT2D eigenvalue weighted by Gasteiger charge is -2.03. The first-order chi connectivity index (χ1) is 9.29. The monoisotopic (exact) mass is 316 g/mol. The smallest absolute Gasteiger partial charge is 0.177 e. The van der Waals surface area contributed by atoms with E-state index in [0.717, 1.165) is 32.5 Å². The van der Waals surface area contributed by atoms with Gasteiger partial charge in [0.2, 0.25) is 0 Å². The Bertz CT molecular complexity index is 701. The highest BCUT2D eigenvalue weighted by Gasteiger charge is 2.13. The zero-order chi connectivity index (χ0) is 13.2. The van der Waals surface area contributed by atoms with E-state index in [9.17, 15) is 0 Å². The minimum absolute atomic E-state index is 0.623. The molecule has 0 saturated heterocycles. The van der Waals surface area contributed by atoms with Gasteiger partial charge in [-0.2, -0.15) is 0 Å². The summed E-state index contributed by atoms with van der Waals surface area (Å²) in [6.07, 6.45) is 0. The van der Waals surface area contributed by atoms with Crippen molar-refractivity contribution in [2.45, 2.75) is 6.92 Å². The van der Waals surface area contributed by atoms with Crippen molar-refractivity contribution in [3.63, 3.8) is 0 Å². The molecule has 2 aromatic carbocycles. The van der Waals surface area contributed by atoms with Gasteiger partial charge in [0.15, 0.2) is 11.3 Å². The molecule has 0 radical (unpaired) electrons. The highest BCUT2D eigenvalue weighted by atomic mass is 79.9. The summed E-state index contributed by atoms with van der Waals surface area (Å²) in [4.78, 5) is 0. The van der Waals surface area contributed by atoms with Crippen LogP contribution >= 0.6 is 15.9 Å². The van der Waals surface area contributed by atoms with Gasteiger partial charge < -0.3 is 9.15 Å². The molecule has 96 valence electrons. The third-order valence-electron chi connectivity index (χ3n) is 2.95. The zero-order valence-electron chi connectivity index (χ0n) is 10.5. The Balaban J connectivity index is 2.19. The van der Waals surface area contributed by atoms with Crippen molar-refractivity contribution < 1.29 is 9.15 Å². The van der Waals surface area contributed by atoms with Crippen molar-refractivity contribution >= 4 is 26.9 Å². The Morgan fingerprint density at radius 2 is 1.89 bits per heavy atom. The molecule has 0 saturated carbocycles. The molecule has 0 atom stereocenters. The minimum Gasteiger partial charge on any atom is -0.490 e. The van der Waals surface area contributed by atoms with E-state index in [4.69, 9.17) is 9.15 Å². The van der Waals surface area contributed by atoms with Gasteiger partial charge in [-0.1, -0.05) is 46.3 Å². The van der Waals surface area contributed by atoms with E-state index >= 15 is 0 Å². The van der Waals surface area contributed by atoms with Gasteiger partial charge in [0.05, 0.1) is 6.61 Å². The van der Waals surface area contributed by atoms with Crippen LogP contribution in [0.3, 0.4) is 0 Å². The summed E-state index contributed by atoms with van der Waals surface area (Å²) < 4.78 is 12.6. The predicted molar refractivity (Wildman–Crippen MR) is 80.5 cm³/mol. The Morgan fingerprint density at radius 1 is 1.11 bits per heavy atom. The van der Waals surface area contributed by atoms with Crippen LogP contribution in [0.15, 0.2) is 57.4 Å². The molecule has 0 spiro atoms. The Morgan fingerprint density at radius 3 is 2.63 bits per heavy atom. The molecule has 0 aliphatic rings. The van der Waals surface area contributed by atoms with Crippen LogP contribution in [-0.4, -0.2) is 6.61 Å². The second-order valence-corrected chi connectivity index (χ2v) is 5.05. The van der Waals surface area contributed by atoms with Crippen LogP contribution < -0.4 is 4.74 Å². The molecular formula is C16H13BrO2. The van der Waals surface area contributed by atoms with E-state index in [2.05, 4.69) is 15.9 Å². The molecule has 0 amide bonds. The van der Waals surface area contributed by atoms with E-state index in [1.165, 1.54) is 0 Å². The van der Waals surface area contributed by atoms with Crippen molar-refractivity contribution in [3.8, 4) is 17.1 Å². The summed E-state index contributed by atoms with van der Waals surface area (Å²) in [5, 5.41) is 1.03. The van der Waals surface area contributed by atoms with Crippen molar-refractivity contribution in [2.75, 3.05) is 6.61 Å². The van der Waals surface area contributed by atoms with Crippen LogP contribution in [0.5, 0.6) is 5.75 Å². The Kier molecular flexibility index (Phi) is 3.30. The molecule has 2 nitrogen and oxygen atoms in total. The quantitative estimate of drug-likeness (QED) is 0.657. The second-order valence-electron chi connectivity index (χ2n) is 4.20. The molecule has 0 bridgehead atoms. The normalized spacial score (nSPS) is 10.8. The average molecular weight is 317 g/mol. The summed E-state index contributed by atoms with van der Waals surface area (Å²) in [5.41, 5.74) is 1.85. The average Bonchev–Trinajstić information content (AvgIpc) is 2.89. The molecule has 0 N–H and O–H groups in total. The lowest BCUT2D eigenvalue weighted by Crippen LogP contribution is -1.91. The number of rotatable bonds is 3. The van der Waals surface area contributed by atoms with Gasteiger partial charge in [0, 0.05) is 15.4 Å². The predicted octanol–water partition coefficient (Wildman–Crippen LogP) is 5.26. The molecule has 1 heterocycles. The number of hydrogen-bond donors (Lipinski definition) is 0. The fourth-order valence-electron chi connectivity index (χ4n) is 2.08. The Labute approximate surface area is 120 Å². The van der Waals surface area contributed by atoms with Crippen LogP contribution in [0.4, 0.5) is 0 Å². The molecule has 3 heteroatoms. The molecule has 0 aliphatic heterocycles. The second kappa shape index (κ2) is 5.10. The van der Waals surface area contributed by atoms with E-state index in [1.807, 2.05) is 55.5 Å². The molecular weight excluding hydrogens is 304 g/mol. The zero-order valence-corrected chi connectivity index (χ0v) is 12.1. The maximum atomic E-state index is 5.96. The Hall–Kier alpha value is -1.74. The summed E-state index contributed by atoms with van der Waals surface area (Å²) >= 11 is 3.55. The number of hydrogen-bond acceptors (Lipinski definition) is 2. The summed E-state index contributed by atoms with van der Waals surface area (Å²) in [6, 6.07) is 16.0. The molecule has 0 aliphatic carbocycles. The largest absolute Gasteiger partial charge is 0.490 e. The van der Waals surface area contributed by atoms with Gasteiger partial charge in [-0.3, -0.25) is 0 Å². The van der Waals surface area contributed by atoms with E-state index in [1.54, 1.807) is 0 Å². The third-order valence-corrected chi connectivity index (χ3v) is 3.64. The van der Waals surface area contributed by atoms with Crippen LogP contribution in [0, 0.1) is 0 Å².